The molecule has 1 N–H and O–H groups in total. The van der Waals surface area contributed by atoms with Crippen molar-refractivity contribution in [2.45, 2.75) is 6.92 Å². The Morgan fingerprint density at radius 1 is 1.07 bits per heavy atom. The van der Waals surface area contributed by atoms with E-state index in [1.54, 1.807) is 7.05 Å². The van der Waals surface area contributed by atoms with Crippen LogP contribution in [0.3, 0.4) is 0 Å². The normalized spacial score (nSPS) is 13.0. The summed E-state index contributed by atoms with van der Waals surface area (Å²) in [6.45, 7) is 2.03. The number of aromatic nitrogens is 1. The number of aliphatic hydroxyl groups is 1. The largest absolute Gasteiger partial charge is 0.453 e. The highest BCUT2D eigenvalue weighted by atomic mass is 32.2. The first-order chi connectivity index (χ1) is 14.1. The lowest BCUT2D eigenvalue weighted by atomic mass is 10.1. The number of benzene rings is 2. The second-order valence-electron chi connectivity index (χ2n) is 6.72. The van der Waals surface area contributed by atoms with Gasteiger partial charge in [0.05, 0.1) is 11.7 Å². The van der Waals surface area contributed by atoms with E-state index < -0.39 is 0 Å². The summed E-state index contributed by atoms with van der Waals surface area (Å²) in [5.41, 5.74) is 3.39. The highest BCUT2D eigenvalue weighted by molar-refractivity contribution is 8.13. The minimum Gasteiger partial charge on any atom is -0.453 e. The molecule has 148 valence electrons. The summed E-state index contributed by atoms with van der Waals surface area (Å²) < 4.78 is 8.30. The zero-order valence-corrected chi connectivity index (χ0v) is 17.5. The fourth-order valence-corrected chi connectivity index (χ4v) is 4.05. The first-order valence-corrected chi connectivity index (χ1v) is 10.4. The van der Waals surface area contributed by atoms with Crippen LogP contribution in [0.5, 0.6) is 0 Å². The molecule has 6 heteroatoms. The number of amidine groups is 1. The molecule has 2 aromatic heterocycles. The second-order valence-corrected chi connectivity index (χ2v) is 8.01. The van der Waals surface area contributed by atoms with Crippen molar-refractivity contribution in [3.8, 4) is 11.3 Å². The van der Waals surface area contributed by atoms with E-state index in [9.17, 15) is 0 Å². The average Bonchev–Trinajstić information content (AvgIpc) is 3.34. The van der Waals surface area contributed by atoms with Crippen molar-refractivity contribution in [3.05, 3.63) is 60.4 Å². The van der Waals surface area contributed by atoms with E-state index in [1.165, 1.54) is 33.6 Å². The van der Waals surface area contributed by atoms with Crippen LogP contribution >= 0.6 is 11.8 Å². The Morgan fingerprint density at radius 3 is 2.66 bits per heavy atom. The summed E-state index contributed by atoms with van der Waals surface area (Å²) in [4.78, 5) is 8.78. The van der Waals surface area contributed by atoms with Gasteiger partial charge in [0.1, 0.15) is 5.76 Å². The summed E-state index contributed by atoms with van der Waals surface area (Å²) in [5.74, 6) is 2.57. The molecule has 0 radical (unpaired) electrons. The van der Waals surface area contributed by atoms with Gasteiger partial charge in [-0.05, 0) is 31.2 Å². The van der Waals surface area contributed by atoms with E-state index in [0.29, 0.717) is 17.3 Å². The Labute approximate surface area is 173 Å². The lowest BCUT2D eigenvalue weighted by Gasteiger charge is -2.02. The van der Waals surface area contributed by atoms with Gasteiger partial charge in [-0.1, -0.05) is 30.3 Å². The van der Waals surface area contributed by atoms with Gasteiger partial charge in [0.25, 0.3) is 0 Å². The van der Waals surface area contributed by atoms with Crippen molar-refractivity contribution in [1.29, 1.82) is 0 Å². The van der Waals surface area contributed by atoms with Gasteiger partial charge in [0.2, 0.25) is 0 Å². The predicted octanol–water partition coefficient (Wildman–Crippen LogP) is 5.11. The number of aliphatic hydroxyl groups excluding tert-OH is 1. The van der Waals surface area contributed by atoms with Crippen LogP contribution in [0.15, 0.2) is 69.0 Å². The molecule has 0 aliphatic heterocycles. The van der Waals surface area contributed by atoms with E-state index in [0.717, 1.165) is 16.4 Å². The molecule has 0 bridgehead atoms. The van der Waals surface area contributed by atoms with Crippen LogP contribution in [-0.2, 0) is 7.05 Å². The van der Waals surface area contributed by atoms with Crippen molar-refractivity contribution in [2.24, 2.45) is 17.0 Å². The van der Waals surface area contributed by atoms with Gasteiger partial charge in [-0.15, -0.1) is 11.8 Å². The fourth-order valence-electron chi connectivity index (χ4n) is 3.52. The van der Waals surface area contributed by atoms with Crippen molar-refractivity contribution in [2.75, 3.05) is 19.4 Å². The van der Waals surface area contributed by atoms with Crippen LogP contribution in [0.2, 0.25) is 0 Å². The Bertz CT molecular complexity index is 1230. The fraction of sp³-hybridized carbons (Fsp3) is 0.217. The van der Waals surface area contributed by atoms with Crippen LogP contribution in [0.4, 0.5) is 0 Å². The number of furan rings is 1. The van der Waals surface area contributed by atoms with Crippen molar-refractivity contribution < 1.29 is 9.52 Å². The summed E-state index contributed by atoms with van der Waals surface area (Å²) in [6.07, 6.45) is 0. The van der Waals surface area contributed by atoms with E-state index in [2.05, 4.69) is 64.1 Å². The molecule has 4 aromatic rings. The number of fused-ring (bicyclic) bond motifs is 3. The van der Waals surface area contributed by atoms with Gasteiger partial charge in [-0.3, -0.25) is 4.99 Å². The maximum Gasteiger partial charge on any atom is 0.191 e. The van der Waals surface area contributed by atoms with Gasteiger partial charge >= 0.3 is 0 Å². The summed E-state index contributed by atoms with van der Waals surface area (Å²) in [7, 11) is 3.79. The molecule has 4 rings (SSSR count). The molecule has 0 atom stereocenters. The molecule has 0 amide bonds. The molecule has 0 saturated heterocycles. The molecule has 29 heavy (non-hydrogen) atoms. The summed E-state index contributed by atoms with van der Waals surface area (Å²) in [5, 5.41) is 12.3. The molecule has 0 unspecified atom stereocenters. The monoisotopic (exact) mass is 405 g/mol. The van der Waals surface area contributed by atoms with Crippen LogP contribution in [0.25, 0.3) is 33.1 Å². The molecule has 0 spiro atoms. The molecule has 0 aliphatic carbocycles. The third-order valence-electron chi connectivity index (χ3n) is 4.90. The standard InChI is InChI=1S/C23H23N3O2S/c1-15(29-13-12-27)25-23(24-2)22-11-10-21(28-22)16-8-9-18-17-6-4-5-7-19(17)26(3)20(18)14-16/h4-11,14,27H,12-13H2,1-3H3. The Kier molecular flexibility index (Phi) is 5.56. The van der Waals surface area contributed by atoms with Gasteiger partial charge in [-0.25, -0.2) is 4.99 Å². The lowest BCUT2D eigenvalue weighted by molar-refractivity contribution is 0.323. The lowest BCUT2D eigenvalue weighted by Crippen LogP contribution is -2.00. The molecule has 0 aliphatic rings. The van der Waals surface area contributed by atoms with Crippen molar-refractivity contribution >= 4 is 44.4 Å². The molecule has 5 nitrogen and oxygen atoms in total. The molecular weight excluding hydrogens is 382 g/mol. The first kappa shape index (κ1) is 19.5. The minimum atomic E-state index is 0.123. The number of para-hydroxylation sites is 1. The first-order valence-electron chi connectivity index (χ1n) is 9.46. The van der Waals surface area contributed by atoms with E-state index in [1.807, 2.05) is 19.1 Å². The van der Waals surface area contributed by atoms with Crippen LogP contribution < -0.4 is 0 Å². The van der Waals surface area contributed by atoms with Crippen LogP contribution in [0.1, 0.15) is 12.7 Å². The summed E-state index contributed by atoms with van der Waals surface area (Å²) >= 11 is 1.50. The third-order valence-corrected chi connectivity index (χ3v) is 5.80. The molecular formula is C23H23N3O2S. The number of aliphatic imine (C=N–C) groups is 2. The van der Waals surface area contributed by atoms with E-state index in [4.69, 9.17) is 9.52 Å². The number of rotatable bonds is 4. The zero-order valence-electron chi connectivity index (χ0n) is 16.7. The summed E-state index contributed by atoms with van der Waals surface area (Å²) in [6, 6.07) is 18.7. The van der Waals surface area contributed by atoms with Crippen LogP contribution in [-0.4, -0.2) is 40.0 Å². The minimum absolute atomic E-state index is 0.123. The van der Waals surface area contributed by atoms with Gasteiger partial charge in [0.15, 0.2) is 11.6 Å². The topological polar surface area (TPSA) is 63.0 Å². The molecule has 0 fully saturated rings. The molecule has 2 heterocycles. The van der Waals surface area contributed by atoms with E-state index >= 15 is 0 Å². The number of nitrogens with zero attached hydrogens (tertiary/aromatic N) is 3. The van der Waals surface area contributed by atoms with Crippen molar-refractivity contribution in [1.82, 2.24) is 4.57 Å². The quantitative estimate of drug-likeness (QED) is 0.379. The Hall–Kier alpha value is -2.83. The van der Waals surface area contributed by atoms with Crippen LogP contribution in [0, 0.1) is 0 Å². The smallest absolute Gasteiger partial charge is 0.191 e. The predicted molar refractivity (Wildman–Crippen MR) is 123 cm³/mol. The van der Waals surface area contributed by atoms with Crippen molar-refractivity contribution in [3.63, 3.8) is 0 Å². The third kappa shape index (κ3) is 3.73. The zero-order chi connectivity index (χ0) is 20.4. The highest BCUT2D eigenvalue weighted by Crippen LogP contribution is 2.32. The maximum atomic E-state index is 8.97. The SMILES string of the molecule is CN=C(N=C(C)SCCO)c1ccc(-c2ccc3c4ccccc4n(C)c3c2)o1. The average molecular weight is 406 g/mol. The van der Waals surface area contributed by atoms with Gasteiger partial charge < -0.3 is 14.1 Å². The Morgan fingerprint density at radius 2 is 1.86 bits per heavy atom. The number of aryl methyl sites for hydroxylation is 1. The maximum absolute atomic E-state index is 8.97. The second kappa shape index (κ2) is 8.27. The molecule has 0 saturated carbocycles. The van der Waals surface area contributed by atoms with Gasteiger partial charge in [0, 0.05) is 47.2 Å². The van der Waals surface area contributed by atoms with E-state index in [-0.39, 0.29) is 6.61 Å². The highest BCUT2D eigenvalue weighted by Gasteiger charge is 2.13. The Balaban J connectivity index is 1.70. The number of hydrogen-bond donors (Lipinski definition) is 1. The number of thioether (sulfide) groups is 1. The number of hydrogen-bond acceptors (Lipinski definition) is 4. The van der Waals surface area contributed by atoms with Gasteiger partial charge in [-0.2, -0.15) is 0 Å². The molecule has 2 aromatic carbocycles.